The number of fused-ring (bicyclic) bond motifs is 1. The highest BCUT2D eigenvalue weighted by Crippen LogP contribution is 2.27. The van der Waals surface area contributed by atoms with Crippen LogP contribution in [0.5, 0.6) is 0 Å². The Morgan fingerprint density at radius 2 is 1.87 bits per heavy atom. The maximum Gasteiger partial charge on any atom is 0.138 e. The van der Waals surface area contributed by atoms with Gasteiger partial charge in [0.05, 0.1) is 22.5 Å². The molecule has 0 aliphatic heterocycles. The zero-order chi connectivity index (χ0) is 16.1. The molecule has 1 N–H and O–H groups in total. The normalized spacial score (nSPS) is 10.9. The molecule has 2 aromatic carbocycles. The number of nitrogens with one attached hydrogen (secondary N) is 1. The maximum absolute atomic E-state index is 6.29. The first-order chi connectivity index (χ1) is 11.3. The van der Waals surface area contributed by atoms with E-state index in [1.165, 1.54) is 11.1 Å². The molecule has 0 radical (unpaired) electrons. The number of halogens is 1. The second-order valence-electron chi connectivity index (χ2n) is 5.23. The number of benzene rings is 2. The molecule has 1 aromatic heterocycles. The van der Waals surface area contributed by atoms with Crippen molar-refractivity contribution in [1.29, 1.82) is 0 Å². The molecule has 118 valence electrons. The van der Waals surface area contributed by atoms with Gasteiger partial charge in [-0.1, -0.05) is 41.9 Å². The van der Waals surface area contributed by atoms with Gasteiger partial charge in [-0.25, -0.2) is 9.97 Å². The van der Waals surface area contributed by atoms with Gasteiger partial charge in [-0.2, -0.15) is 0 Å². The van der Waals surface area contributed by atoms with Crippen molar-refractivity contribution < 1.29 is 4.74 Å². The highest BCUT2D eigenvalue weighted by atomic mass is 35.5. The van der Waals surface area contributed by atoms with Crippen LogP contribution in [0.3, 0.4) is 0 Å². The van der Waals surface area contributed by atoms with E-state index in [2.05, 4.69) is 27.4 Å². The summed E-state index contributed by atoms with van der Waals surface area (Å²) < 4.78 is 5.25. The van der Waals surface area contributed by atoms with Crippen LogP contribution < -0.4 is 5.32 Å². The largest absolute Gasteiger partial charge is 0.380 e. The quantitative estimate of drug-likeness (QED) is 0.741. The van der Waals surface area contributed by atoms with Crippen molar-refractivity contribution in [2.75, 3.05) is 19.0 Å². The molecule has 0 bridgehead atoms. The fourth-order valence-electron chi connectivity index (χ4n) is 2.62. The number of aromatic nitrogens is 2. The van der Waals surface area contributed by atoms with Crippen LogP contribution in [0.25, 0.3) is 10.9 Å². The third-order valence-electron chi connectivity index (χ3n) is 3.72. The van der Waals surface area contributed by atoms with Gasteiger partial charge in [-0.05, 0) is 29.7 Å². The molecule has 0 aliphatic carbocycles. The number of methoxy groups -OCH3 is 1. The molecule has 0 unspecified atom stereocenters. The van der Waals surface area contributed by atoms with E-state index in [0.29, 0.717) is 11.6 Å². The fraction of sp³-hybridized carbons (Fsp3) is 0.222. The van der Waals surface area contributed by atoms with Crippen molar-refractivity contribution in [2.24, 2.45) is 0 Å². The van der Waals surface area contributed by atoms with Crippen molar-refractivity contribution in [3.8, 4) is 0 Å². The molecule has 0 saturated carbocycles. The van der Waals surface area contributed by atoms with Gasteiger partial charge in [0.15, 0.2) is 0 Å². The molecule has 0 fully saturated rings. The summed E-state index contributed by atoms with van der Waals surface area (Å²) in [6.45, 7) is 1.39. The number of nitrogens with zero attached hydrogens (tertiary/aromatic N) is 2. The van der Waals surface area contributed by atoms with Crippen molar-refractivity contribution >= 4 is 28.3 Å². The van der Waals surface area contributed by atoms with Crippen molar-refractivity contribution in [3.05, 3.63) is 64.9 Å². The number of anilines is 1. The average molecular weight is 328 g/mol. The maximum atomic E-state index is 6.29. The topological polar surface area (TPSA) is 47.0 Å². The lowest BCUT2D eigenvalue weighted by Crippen LogP contribution is -2.09. The summed E-state index contributed by atoms with van der Waals surface area (Å²) in [5.41, 5.74) is 3.32. The average Bonchev–Trinajstić information content (AvgIpc) is 2.57. The van der Waals surface area contributed by atoms with Crippen molar-refractivity contribution in [1.82, 2.24) is 9.97 Å². The Morgan fingerprint density at radius 1 is 1.04 bits per heavy atom. The van der Waals surface area contributed by atoms with E-state index in [1.54, 1.807) is 13.4 Å². The predicted octanol–water partition coefficient (Wildman–Crippen LogP) is 4.08. The summed E-state index contributed by atoms with van der Waals surface area (Å²) >= 11 is 6.29. The molecule has 0 amide bonds. The molecule has 5 heteroatoms. The molecular weight excluding hydrogens is 310 g/mol. The van der Waals surface area contributed by atoms with E-state index in [4.69, 9.17) is 16.3 Å². The van der Waals surface area contributed by atoms with Gasteiger partial charge in [0, 0.05) is 13.7 Å². The summed E-state index contributed by atoms with van der Waals surface area (Å²) in [4.78, 5) is 8.58. The van der Waals surface area contributed by atoms with Gasteiger partial charge in [-0.15, -0.1) is 0 Å². The van der Waals surface area contributed by atoms with Crippen LogP contribution in [0.4, 0.5) is 5.82 Å². The monoisotopic (exact) mass is 327 g/mol. The minimum Gasteiger partial charge on any atom is -0.380 e. The second-order valence-corrected chi connectivity index (χ2v) is 5.64. The standard InChI is InChI=1S/C18H18ClN3O/c1-23-11-14-6-3-2-5-13(14)9-10-20-18-17-15(19)7-4-8-16(17)21-12-22-18/h2-8,12H,9-11H2,1H3,(H,20,21,22). The van der Waals surface area contributed by atoms with Gasteiger partial charge in [0.1, 0.15) is 12.1 Å². The highest BCUT2D eigenvalue weighted by molar-refractivity contribution is 6.36. The van der Waals surface area contributed by atoms with Crippen molar-refractivity contribution in [3.63, 3.8) is 0 Å². The Labute approximate surface area is 140 Å². The molecule has 0 spiro atoms. The summed E-state index contributed by atoms with van der Waals surface area (Å²) in [5.74, 6) is 0.768. The Kier molecular flexibility index (Phi) is 5.05. The Hall–Kier alpha value is -2.17. The molecular formula is C18H18ClN3O. The van der Waals surface area contributed by atoms with Crippen LogP contribution >= 0.6 is 11.6 Å². The summed E-state index contributed by atoms with van der Waals surface area (Å²) in [7, 11) is 1.71. The van der Waals surface area contributed by atoms with E-state index in [1.807, 2.05) is 30.3 Å². The fourth-order valence-corrected chi connectivity index (χ4v) is 2.87. The first-order valence-corrected chi connectivity index (χ1v) is 7.86. The zero-order valence-corrected chi connectivity index (χ0v) is 13.7. The van der Waals surface area contributed by atoms with Crippen molar-refractivity contribution in [2.45, 2.75) is 13.0 Å². The lowest BCUT2D eigenvalue weighted by molar-refractivity contribution is 0.184. The zero-order valence-electron chi connectivity index (χ0n) is 12.9. The van der Waals surface area contributed by atoms with E-state index in [9.17, 15) is 0 Å². The van der Waals surface area contributed by atoms with Crippen LogP contribution in [-0.4, -0.2) is 23.6 Å². The molecule has 1 heterocycles. The molecule has 0 saturated heterocycles. The smallest absolute Gasteiger partial charge is 0.138 e. The lowest BCUT2D eigenvalue weighted by Gasteiger charge is -2.11. The summed E-state index contributed by atoms with van der Waals surface area (Å²) in [5, 5.41) is 4.89. The first-order valence-electron chi connectivity index (χ1n) is 7.48. The van der Waals surface area contributed by atoms with Gasteiger partial charge in [0.2, 0.25) is 0 Å². The van der Waals surface area contributed by atoms with Crippen LogP contribution in [0, 0.1) is 0 Å². The van der Waals surface area contributed by atoms with Crippen LogP contribution in [0.2, 0.25) is 5.02 Å². The number of hydrogen-bond acceptors (Lipinski definition) is 4. The number of rotatable bonds is 6. The minimum absolute atomic E-state index is 0.623. The van der Waals surface area contributed by atoms with Crippen LogP contribution in [-0.2, 0) is 17.8 Å². The van der Waals surface area contributed by atoms with Gasteiger partial charge >= 0.3 is 0 Å². The third kappa shape index (κ3) is 3.60. The van der Waals surface area contributed by atoms with Gasteiger partial charge in [0.25, 0.3) is 0 Å². The summed E-state index contributed by atoms with van der Waals surface area (Å²) in [6, 6.07) is 14.0. The SMILES string of the molecule is COCc1ccccc1CCNc1ncnc2cccc(Cl)c12. The lowest BCUT2D eigenvalue weighted by atomic mass is 10.1. The number of ether oxygens (including phenoxy) is 1. The van der Waals surface area contributed by atoms with E-state index in [-0.39, 0.29) is 0 Å². The molecule has 4 nitrogen and oxygen atoms in total. The third-order valence-corrected chi connectivity index (χ3v) is 4.03. The Morgan fingerprint density at radius 3 is 2.70 bits per heavy atom. The molecule has 3 rings (SSSR count). The van der Waals surface area contributed by atoms with E-state index >= 15 is 0 Å². The first kappa shape index (κ1) is 15.7. The summed E-state index contributed by atoms with van der Waals surface area (Å²) in [6.07, 6.45) is 2.44. The van der Waals surface area contributed by atoms with E-state index in [0.717, 1.165) is 29.7 Å². The van der Waals surface area contributed by atoms with Crippen LogP contribution in [0.15, 0.2) is 48.8 Å². The highest BCUT2D eigenvalue weighted by Gasteiger charge is 2.07. The van der Waals surface area contributed by atoms with Crippen LogP contribution in [0.1, 0.15) is 11.1 Å². The molecule has 23 heavy (non-hydrogen) atoms. The second kappa shape index (κ2) is 7.40. The molecule has 0 aliphatic rings. The van der Waals surface area contributed by atoms with E-state index < -0.39 is 0 Å². The molecule has 3 aromatic rings. The van der Waals surface area contributed by atoms with Gasteiger partial charge in [-0.3, -0.25) is 0 Å². The minimum atomic E-state index is 0.623. The number of hydrogen-bond donors (Lipinski definition) is 1. The predicted molar refractivity (Wildman–Crippen MR) is 93.9 cm³/mol. The van der Waals surface area contributed by atoms with Gasteiger partial charge < -0.3 is 10.1 Å². The Bertz CT molecular complexity index is 802. The molecule has 0 atom stereocenters. The Balaban J connectivity index is 1.75.